The maximum Gasteiger partial charge on any atom is 0.263 e. The highest BCUT2D eigenvalue weighted by Crippen LogP contribution is 2.31. The zero-order valence-electron chi connectivity index (χ0n) is 25.1. The van der Waals surface area contributed by atoms with Gasteiger partial charge in [0, 0.05) is 6.54 Å². The quantitative estimate of drug-likeness (QED) is 0.0682. The van der Waals surface area contributed by atoms with Crippen molar-refractivity contribution in [1.29, 1.82) is 0 Å². The van der Waals surface area contributed by atoms with E-state index in [4.69, 9.17) is 0 Å². The molecule has 0 atom stereocenters. The Balaban J connectivity index is 2.09. The number of hydrogen-bond donors (Lipinski definition) is 0. The molecule has 2 aromatic rings. The summed E-state index contributed by atoms with van der Waals surface area (Å²) < 4.78 is 95.1. The van der Waals surface area contributed by atoms with E-state index in [1.54, 1.807) is 0 Å². The number of imide groups is 1. The maximum absolute atomic E-state index is 14.9. The van der Waals surface area contributed by atoms with Gasteiger partial charge in [-0.25, -0.2) is 17.6 Å². The number of unbranched alkanes of at least 4 members (excludes halogenated alkanes) is 13. The Kier molecular flexibility index (Phi) is 15.4. The van der Waals surface area contributed by atoms with Crippen molar-refractivity contribution in [3.05, 3.63) is 58.2 Å². The molecule has 0 aliphatic rings. The Morgan fingerprint density at radius 2 is 0.884 bits per heavy atom. The van der Waals surface area contributed by atoms with Crippen LogP contribution in [0.25, 0.3) is 0 Å². The zero-order valence-corrected chi connectivity index (χ0v) is 25.1. The fourth-order valence-corrected chi connectivity index (χ4v) is 4.88. The van der Waals surface area contributed by atoms with Crippen molar-refractivity contribution >= 4 is 11.8 Å². The Bertz CT molecular complexity index is 1150. The molecule has 240 valence electrons. The fraction of sp³-hybridized carbons (Fsp3) is 0.562. The summed E-state index contributed by atoms with van der Waals surface area (Å²) in [4.78, 5) is 27.0. The minimum absolute atomic E-state index is 0.208. The maximum atomic E-state index is 14.9. The minimum Gasteiger partial charge on any atom is -0.491 e. The van der Waals surface area contributed by atoms with Crippen LogP contribution in [0, 0.1) is 34.9 Å². The van der Waals surface area contributed by atoms with E-state index >= 15 is 0 Å². The molecular formula is C32H41F6NO4. The van der Waals surface area contributed by atoms with Crippen LogP contribution in [0.15, 0.2) is 12.1 Å². The molecule has 0 unspecified atom stereocenters. The summed E-state index contributed by atoms with van der Waals surface area (Å²) >= 11 is 0. The highest BCUT2D eigenvalue weighted by atomic mass is 19.2. The summed E-state index contributed by atoms with van der Waals surface area (Å²) in [5.41, 5.74) is -2.10. The molecule has 0 bridgehead atoms. The lowest BCUT2D eigenvalue weighted by atomic mass is 10.0. The SMILES string of the molecule is CCCCCCCCCCCCCCCCN(C(=O)c1cc(F)c(F)c(OC)c1F)C(=O)c1cc(F)c(F)c(OC)c1F. The van der Waals surface area contributed by atoms with Gasteiger partial charge in [0.1, 0.15) is 0 Å². The largest absolute Gasteiger partial charge is 0.491 e. The number of benzene rings is 2. The summed E-state index contributed by atoms with van der Waals surface area (Å²) in [6, 6.07) is 0.506. The standard InChI is InChI=1S/C32H41F6NO4/c1-4-5-6-7-8-9-10-11-12-13-14-15-16-17-18-39(31(40)21-19-23(33)27(37)29(42-2)25(21)35)32(41)22-20-24(34)28(38)30(43-3)26(22)36/h19-20H,4-18H2,1-3H3. The number of hydrogen-bond acceptors (Lipinski definition) is 4. The van der Waals surface area contributed by atoms with Gasteiger partial charge in [-0.2, -0.15) is 8.78 Å². The van der Waals surface area contributed by atoms with Crippen molar-refractivity contribution in [2.24, 2.45) is 0 Å². The van der Waals surface area contributed by atoms with Gasteiger partial charge < -0.3 is 9.47 Å². The van der Waals surface area contributed by atoms with Crippen LogP contribution >= 0.6 is 0 Å². The summed E-state index contributed by atoms with van der Waals surface area (Å²) in [5, 5.41) is 0. The van der Waals surface area contributed by atoms with Crippen LogP contribution in [0.3, 0.4) is 0 Å². The van der Waals surface area contributed by atoms with Gasteiger partial charge in [0.15, 0.2) is 34.8 Å². The van der Waals surface area contributed by atoms with Crippen LogP contribution in [0.5, 0.6) is 11.5 Å². The van der Waals surface area contributed by atoms with Crippen LogP contribution in [0.1, 0.15) is 118 Å². The van der Waals surface area contributed by atoms with Gasteiger partial charge in [0.05, 0.1) is 25.3 Å². The van der Waals surface area contributed by atoms with E-state index in [1.807, 2.05) is 0 Å². The molecule has 0 aliphatic heterocycles. The molecular weight excluding hydrogens is 576 g/mol. The first kappa shape index (κ1) is 36.0. The van der Waals surface area contributed by atoms with E-state index in [2.05, 4.69) is 16.4 Å². The third-order valence-corrected chi connectivity index (χ3v) is 7.33. The third kappa shape index (κ3) is 9.89. The summed E-state index contributed by atoms with van der Waals surface area (Å²) in [6.07, 6.45) is 14.4. The predicted octanol–water partition coefficient (Wildman–Crippen LogP) is 9.30. The first-order chi connectivity index (χ1) is 20.6. The van der Waals surface area contributed by atoms with Crippen molar-refractivity contribution in [3.63, 3.8) is 0 Å². The number of ether oxygens (including phenoxy) is 2. The zero-order chi connectivity index (χ0) is 31.9. The van der Waals surface area contributed by atoms with Crippen molar-refractivity contribution in [2.75, 3.05) is 20.8 Å². The first-order valence-electron chi connectivity index (χ1n) is 14.9. The van der Waals surface area contributed by atoms with E-state index < -0.39 is 69.3 Å². The second-order valence-electron chi connectivity index (χ2n) is 10.5. The highest BCUT2D eigenvalue weighted by Gasteiger charge is 2.33. The number of methoxy groups -OCH3 is 2. The summed E-state index contributed by atoms with van der Waals surface area (Å²) in [6.45, 7) is 1.82. The molecule has 5 nitrogen and oxygen atoms in total. The Morgan fingerprint density at radius 1 is 0.558 bits per heavy atom. The second-order valence-corrected chi connectivity index (χ2v) is 10.5. The average Bonchev–Trinajstić information content (AvgIpc) is 2.99. The molecule has 0 saturated heterocycles. The normalized spacial score (nSPS) is 11.1. The van der Waals surface area contributed by atoms with E-state index in [1.165, 1.54) is 44.9 Å². The molecule has 2 aromatic carbocycles. The Hall–Kier alpha value is -3.24. The van der Waals surface area contributed by atoms with Crippen LogP contribution < -0.4 is 9.47 Å². The van der Waals surface area contributed by atoms with Crippen molar-refractivity contribution in [2.45, 2.75) is 96.8 Å². The predicted molar refractivity (Wildman–Crippen MR) is 151 cm³/mol. The van der Waals surface area contributed by atoms with Gasteiger partial charge in [-0.15, -0.1) is 0 Å². The van der Waals surface area contributed by atoms with E-state index in [0.717, 1.165) is 46.3 Å². The second kappa shape index (κ2) is 18.4. The molecule has 11 heteroatoms. The summed E-state index contributed by atoms with van der Waals surface area (Å²) in [7, 11) is 1.71. The average molecular weight is 618 g/mol. The molecule has 2 amide bonds. The van der Waals surface area contributed by atoms with E-state index in [9.17, 15) is 35.9 Å². The van der Waals surface area contributed by atoms with Gasteiger partial charge in [0.25, 0.3) is 11.8 Å². The number of halogens is 6. The van der Waals surface area contributed by atoms with Gasteiger partial charge >= 0.3 is 0 Å². The highest BCUT2D eigenvalue weighted by molar-refractivity contribution is 6.10. The topological polar surface area (TPSA) is 55.8 Å². The van der Waals surface area contributed by atoms with E-state index in [-0.39, 0.29) is 25.1 Å². The number of carbonyl (C=O) groups is 2. The lowest BCUT2D eigenvalue weighted by Gasteiger charge is -2.22. The molecule has 0 aromatic heterocycles. The van der Waals surface area contributed by atoms with E-state index in [0.29, 0.717) is 11.3 Å². The molecule has 2 rings (SSSR count). The van der Waals surface area contributed by atoms with Crippen molar-refractivity contribution in [1.82, 2.24) is 4.90 Å². The first-order valence-corrected chi connectivity index (χ1v) is 14.9. The van der Waals surface area contributed by atoms with Crippen molar-refractivity contribution < 1.29 is 45.4 Å². The Morgan fingerprint density at radius 3 is 1.21 bits per heavy atom. The number of carbonyl (C=O) groups excluding carboxylic acids is 2. The number of amides is 2. The number of nitrogens with zero attached hydrogens (tertiary/aromatic N) is 1. The Labute approximate surface area is 249 Å². The molecule has 0 aliphatic carbocycles. The molecule has 43 heavy (non-hydrogen) atoms. The molecule has 0 saturated carbocycles. The lowest BCUT2D eigenvalue weighted by Crippen LogP contribution is -2.39. The lowest BCUT2D eigenvalue weighted by molar-refractivity contribution is 0.0605. The van der Waals surface area contributed by atoms with Crippen LogP contribution in [0.4, 0.5) is 26.3 Å². The molecule has 0 radical (unpaired) electrons. The summed E-state index contributed by atoms with van der Waals surface area (Å²) in [5.74, 6) is -15.0. The number of rotatable bonds is 19. The van der Waals surface area contributed by atoms with Gasteiger partial charge in [-0.3, -0.25) is 14.5 Å². The fourth-order valence-electron chi connectivity index (χ4n) is 4.88. The van der Waals surface area contributed by atoms with Crippen molar-refractivity contribution in [3.8, 4) is 11.5 Å². The van der Waals surface area contributed by atoms with Crippen LogP contribution in [0.2, 0.25) is 0 Å². The molecule has 0 spiro atoms. The minimum atomic E-state index is -1.68. The monoisotopic (exact) mass is 617 g/mol. The molecule has 0 fully saturated rings. The molecule has 0 N–H and O–H groups in total. The smallest absolute Gasteiger partial charge is 0.263 e. The van der Waals surface area contributed by atoms with Gasteiger partial charge in [-0.05, 0) is 18.6 Å². The van der Waals surface area contributed by atoms with Crippen LogP contribution in [-0.2, 0) is 0 Å². The van der Waals surface area contributed by atoms with Crippen LogP contribution in [-0.4, -0.2) is 37.5 Å². The van der Waals surface area contributed by atoms with Gasteiger partial charge in [0.2, 0.25) is 11.6 Å². The van der Waals surface area contributed by atoms with Gasteiger partial charge in [-0.1, -0.05) is 90.4 Å². The third-order valence-electron chi connectivity index (χ3n) is 7.33. The molecule has 0 heterocycles.